The van der Waals surface area contributed by atoms with E-state index in [1.54, 1.807) is 26.8 Å². The van der Waals surface area contributed by atoms with Gasteiger partial charge in [-0.2, -0.15) is 5.26 Å². The molecule has 0 aliphatic rings. The van der Waals surface area contributed by atoms with Crippen LogP contribution in [0.15, 0.2) is 41.7 Å². The number of esters is 1. The summed E-state index contributed by atoms with van der Waals surface area (Å²) in [6, 6.07) is 11.4. The first-order valence-electron chi connectivity index (χ1n) is 6.91. The molecule has 0 amide bonds. The minimum atomic E-state index is -0.838. The van der Waals surface area contributed by atoms with Crippen LogP contribution in [-0.4, -0.2) is 11.6 Å². The van der Waals surface area contributed by atoms with Gasteiger partial charge in [0.15, 0.2) is 0 Å². The summed E-state index contributed by atoms with van der Waals surface area (Å²) >= 11 is 0. The van der Waals surface area contributed by atoms with Gasteiger partial charge in [-0.1, -0.05) is 30.3 Å². The second-order valence-corrected chi connectivity index (χ2v) is 5.75. The van der Waals surface area contributed by atoms with E-state index in [0.717, 1.165) is 12.0 Å². The van der Waals surface area contributed by atoms with Gasteiger partial charge in [-0.3, -0.25) is 0 Å². The number of carbonyl (C=O) groups excluding carboxylic acids is 1. The van der Waals surface area contributed by atoms with Gasteiger partial charge >= 0.3 is 35.5 Å². The molecular formula is C17H20NNaO3. The molecule has 0 aromatic heterocycles. The van der Waals surface area contributed by atoms with Crippen molar-refractivity contribution < 1.29 is 44.2 Å². The molecule has 0 heterocycles. The van der Waals surface area contributed by atoms with Gasteiger partial charge in [0.1, 0.15) is 17.2 Å². The predicted octanol–water partition coefficient (Wildman–Crippen LogP) is -0.507. The van der Waals surface area contributed by atoms with Gasteiger partial charge in [0.2, 0.25) is 0 Å². The molecule has 0 bridgehead atoms. The Bertz CT molecular complexity index is 554. The fourth-order valence-corrected chi connectivity index (χ4v) is 1.77. The van der Waals surface area contributed by atoms with Crippen molar-refractivity contribution in [1.82, 2.24) is 0 Å². The Balaban J connectivity index is 0.00000441. The molecule has 22 heavy (non-hydrogen) atoms. The van der Waals surface area contributed by atoms with Crippen LogP contribution in [0.3, 0.4) is 0 Å². The van der Waals surface area contributed by atoms with Crippen LogP contribution in [-0.2, 0) is 16.0 Å². The molecule has 0 fully saturated rings. The maximum absolute atomic E-state index is 11.9. The predicted molar refractivity (Wildman–Crippen MR) is 77.9 cm³/mol. The normalized spacial score (nSPS) is 11.7. The minimum Gasteiger partial charge on any atom is -0.874 e. The molecule has 0 saturated carbocycles. The third-order valence-electron chi connectivity index (χ3n) is 2.71. The quantitative estimate of drug-likeness (QED) is 0.241. The van der Waals surface area contributed by atoms with Crippen molar-refractivity contribution in [3.05, 3.63) is 47.2 Å². The molecule has 1 rings (SSSR count). The second-order valence-electron chi connectivity index (χ2n) is 5.75. The summed E-state index contributed by atoms with van der Waals surface area (Å²) in [5.41, 5.74) is -0.0113. The Labute approximate surface area is 154 Å². The zero-order valence-electron chi connectivity index (χ0n) is 13.7. The topological polar surface area (TPSA) is 73.2 Å². The monoisotopic (exact) mass is 309 g/mol. The average molecular weight is 309 g/mol. The molecule has 5 heteroatoms. The number of nitrogens with zero attached hydrogens (tertiary/aromatic N) is 1. The van der Waals surface area contributed by atoms with E-state index in [4.69, 9.17) is 10.00 Å². The van der Waals surface area contributed by atoms with Crippen molar-refractivity contribution in [2.75, 3.05) is 0 Å². The van der Waals surface area contributed by atoms with Crippen molar-refractivity contribution >= 4 is 5.97 Å². The molecule has 0 saturated heterocycles. The van der Waals surface area contributed by atoms with Crippen LogP contribution < -0.4 is 34.7 Å². The number of hydrogen-bond donors (Lipinski definition) is 0. The molecule has 1 aromatic carbocycles. The summed E-state index contributed by atoms with van der Waals surface area (Å²) in [6.07, 6.45) is 1.49. The SMILES string of the molecule is CC(C)(C)OC(=O)C(C#N)=C([O-])CCCc1ccccc1.[Na+]. The molecule has 0 radical (unpaired) electrons. The summed E-state index contributed by atoms with van der Waals surface area (Å²) in [6.45, 7) is 5.08. The zero-order valence-corrected chi connectivity index (χ0v) is 15.7. The van der Waals surface area contributed by atoms with Crippen molar-refractivity contribution in [1.29, 1.82) is 5.26 Å². The second kappa shape index (κ2) is 9.68. The Morgan fingerprint density at radius 2 is 1.86 bits per heavy atom. The first-order chi connectivity index (χ1) is 9.83. The third-order valence-corrected chi connectivity index (χ3v) is 2.71. The first-order valence-corrected chi connectivity index (χ1v) is 6.91. The number of rotatable bonds is 5. The number of ether oxygens (including phenoxy) is 1. The van der Waals surface area contributed by atoms with Crippen molar-refractivity contribution in [3.8, 4) is 6.07 Å². The van der Waals surface area contributed by atoms with Crippen LogP contribution in [0.25, 0.3) is 0 Å². The van der Waals surface area contributed by atoms with E-state index in [2.05, 4.69) is 0 Å². The molecule has 1 aromatic rings. The Hall–Kier alpha value is -1.28. The first kappa shape index (κ1) is 20.7. The van der Waals surface area contributed by atoms with Gasteiger partial charge in [-0.05, 0) is 45.6 Å². The molecule has 0 aliphatic heterocycles. The summed E-state index contributed by atoms with van der Waals surface area (Å²) in [7, 11) is 0. The van der Waals surface area contributed by atoms with Gasteiger partial charge < -0.3 is 9.84 Å². The van der Waals surface area contributed by atoms with E-state index in [1.165, 1.54) is 0 Å². The average Bonchev–Trinajstić information content (AvgIpc) is 2.38. The summed E-state index contributed by atoms with van der Waals surface area (Å²) < 4.78 is 5.06. The van der Waals surface area contributed by atoms with Crippen LogP contribution in [0.4, 0.5) is 0 Å². The molecule has 0 aliphatic carbocycles. The standard InChI is InChI=1S/C17H21NO3.Na/c1-17(2,3)21-16(20)14(12-18)15(19)11-7-10-13-8-5-4-6-9-13;/h4-6,8-9,19H,7,10-11H2,1-3H3;/q;+1/p-1. The van der Waals surface area contributed by atoms with Gasteiger partial charge in [0, 0.05) is 0 Å². The molecule has 4 nitrogen and oxygen atoms in total. The minimum absolute atomic E-state index is 0. The van der Waals surface area contributed by atoms with E-state index in [0.29, 0.717) is 6.42 Å². The smallest absolute Gasteiger partial charge is 0.874 e. The summed E-state index contributed by atoms with van der Waals surface area (Å²) in [4.78, 5) is 11.8. The molecule has 0 atom stereocenters. The van der Waals surface area contributed by atoms with Crippen LogP contribution in [0.5, 0.6) is 0 Å². The van der Waals surface area contributed by atoms with Gasteiger partial charge in [-0.15, -0.1) is 5.76 Å². The largest absolute Gasteiger partial charge is 1.00 e. The fourth-order valence-electron chi connectivity index (χ4n) is 1.77. The van der Waals surface area contributed by atoms with Crippen molar-refractivity contribution in [3.63, 3.8) is 0 Å². The maximum Gasteiger partial charge on any atom is 1.00 e. The molecule has 0 spiro atoms. The van der Waals surface area contributed by atoms with E-state index >= 15 is 0 Å². The maximum atomic E-state index is 11.9. The Morgan fingerprint density at radius 3 is 2.36 bits per heavy atom. The van der Waals surface area contributed by atoms with Crippen LogP contribution in [0, 0.1) is 11.3 Å². The van der Waals surface area contributed by atoms with Gasteiger partial charge in [0.25, 0.3) is 0 Å². The number of nitriles is 1. The van der Waals surface area contributed by atoms with Crippen LogP contribution in [0.1, 0.15) is 39.2 Å². The number of benzene rings is 1. The number of hydrogen-bond acceptors (Lipinski definition) is 4. The number of carbonyl (C=O) groups is 1. The summed E-state index contributed by atoms with van der Waals surface area (Å²) in [5.74, 6) is -1.29. The van der Waals surface area contributed by atoms with E-state index in [-0.39, 0.29) is 36.0 Å². The van der Waals surface area contributed by atoms with Gasteiger partial charge in [-0.25, -0.2) is 4.79 Å². The molecule has 0 N–H and O–H groups in total. The van der Waals surface area contributed by atoms with Gasteiger partial charge in [0.05, 0.1) is 0 Å². The van der Waals surface area contributed by atoms with E-state index in [1.807, 2.05) is 30.3 Å². The van der Waals surface area contributed by atoms with Crippen molar-refractivity contribution in [2.45, 2.75) is 45.6 Å². The van der Waals surface area contributed by atoms with Crippen molar-refractivity contribution in [2.24, 2.45) is 0 Å². The summed E-state index contributed by atoms with van der Waals surface area (Å²) in [5, 5.41) is 20.9. The zero-order chi connectivity index (χ0) is 15.9. The molecular weight excluding hydrogens is 289 g/mol. The number of aryl methyl sites for hydroxylation is 1. The van der Waals surface area contributed by atoms with E-state index in [9.17, 15) is 9.90 Å². The van der Waals surface area contributed by atoms with Crippen LogP contribution in [0.2, 0.25) is 0 Å². The Kier molecular flexibility index (Phi) is 9.12. The number of allylic oxidation sites excluding steroid dienone is 1. The van der Waals surface area contributed by atoms with Crippen LogP contribution >= 0.6 is 0 Å². The Morgan fingerprint density at radius 1 is 1.27 bits per heavy atom. The molecule has 112 valence electrons. The third kappa shape index (κ3) is 7.65. The fraction of sp³-hybridized carbons (Fsp3) is 0.412. The van der Waals surface area contributed by atoms with E-state index < -0.39 is 22.9 Å². The molecule has 0 unspecified atom stereocenters.